The van der Waals surface area contributed by atoms with Crippen LogP contribution in [0.2, 0.25) is 5.02 Å². The van der Waals surface area contributed by atoms with Gasteiger partial charge in [-0.25, -0.2) is 4.39 Å². The van der Waals surface area contributed by atoms with E-state index >= 15 is 0 Å². The van der Waals surface area contributed by atoms with Gasteiger partial charge in [-0.3, -0.25) is 5.10 Å². The number of halogens is 2. The van der Waals surface area contributed by atoms with Crippen LogP contribution in [0.15, 0.2) is 18.2 Å². The summed E-state index contributed by atoms with van der Waals surface area (Å²) in [6.07, 6.45) is 0. The normalized spacial score (nSPS) is 10.8. The van der Waals surface area contributed by atoms with E-state index in [1.165, 1.54) is 12.1 Å². The molecule has 17 heavy (non-hydrogen) atoms. The Labute approximate surface area is 104 Å². The Balaban J connectivity index is 2.58. The highest BCUT2D eigenvalue weighted by molar-refractivity contribution is 6.30. The summed E-state index contributed by atoms with van der Waals surface area (Å²) in [7, 11) is 1.82. The van der Waals surface area contributed by atoms with Gasteiger partial charge >= 0.3 is 0 Å². The number of H-pyrrole nitrogens is 1. The van der Waals surface area contributed by atoms with Crippen LogP contribution in [-0.4, -0.2) is 17.2 Å². The van der Waals surface area contributed by atoms with E-state index < -0.39 is 0 Å². The molecule has 0 aliphatic rings. The van der Waals surface area contributed by atoms with E-state index in [0.29, 0.717) is 17.1 Å². The predicted octanol–water partition coefficient (Wildman–Crippen LogP) is 2.90. The summed E-state index contributed by atoms with van der Waals surface area (Å²) in [6.45, 7) is 2.44. The third-order valence-corrected chi connectivity index (χ3v) is 2.80. The first-order valence-electron chi connectivity index (χ1n) is 5.27. The third kappa shape index (κ3) is 2.33. The largest absolute Gasteiger partial charge is 0.314 e. The number of hydrogen-bond acceptors (Lipinski definition) is 2. The molecule has 0 spiro atoms. The molecule has 0 unspecified atom stereocenters. The zero-order chi connectivity index (χ0) is 12.4. The molecule has 0 radical (unpaired) electrons. The molecule has 0 bridgehead atoms. The van der Waals surface area contributed by atoms with Crippen molar-refractivity contribution in [2.75, 3.05) is 7.05 Å². The van der Waals surface area contributed by atoms with Crippen molar-refractivity contribution < 1.29 is 4.39 Å². The molecular formula is C12H13ClFN3. The fourth-order valence-corrected chi connectivity index (χ4v) is 1.99. The predicted molar refractivity (Wildman–Crippen MR) is 66.5 cm³/mol. The van der Waals surface area contributed by atoms with Crippen molar-refractivity contribution in [2.24, 2.45) is 0 Å². The van der Waals surface area contributed by atoms with E-state index in [9.17, 15) is 4.39 Å². The number of rotatable bonds is 3. The summed E-state index contributed by atoms with van der Waals surface area (Å²) < 4.78 is 13.8. The topological polar surface area (TPSA) is 40.7 Å². The number of benzene rings is 1. The highest BCUT2D eigenvalue weighted by Gasteiger charge is 2.15. The second-order valence-electron chi connectivity index (χ2n) is 3.82. The van der Waals surface area contributed by atoms with Crippen LogP contribution >= 0.6 is 11.6 Å². The molecule has 2 rings (SSSR count). The molecule has 2 aromatic rings. The number of aromatic nitrogens is 2. The Morgan fingerprint density at radius 1 is 1.47 bits per heavy atom. The Morgan fingerprint density at radius 3 is 2.94 bits per heavy atom. The molecule has 3 nitrogen and oxygen atoms in total. The summed E-state index contributed by atoms with van der Waals surface area (Å²) in [5, 5.41) is 10.5. The zero-order valence-corrected chi connectivity index (χ0v) is 10.4. The first-order valence-corrected chi connectivity index (χ1v) is 5.65. The lowest BCUT2D eigenvalue weighted by molar-refractivity contribution is 0.631. The maximum absolute atomic E-state index is 13.8. The summed E-state index contributed by atoms with van der Waals surface area (Å²) >= 11 is 5.90. The lowest BCUT2D eigenvalue weighted by Gasteiger charge is -2.06. The minimum atomic E-state index is -0.295. The highest BCUT2D eigenvalue weighted by Crippen LogP contribution is 2.30. The summed E-state index contributed by atoms with van der Waals surface area (Å²) in [4.78, 5) is 0. The first-order chi connectivity index (χ1) is 8.13. The van der Waals surface area contributed by atoms with Gasteiger partial charge in [0, 0.05) is 28.4 Å². The smallest absolute Gasteiger partial charge is 0.131 e. The fraction of sp³-hybridized carbons (Fsp3) is 0.250. The Morgan fingerprint density at radius 2 is 2.24 bits per heavy atom. The zero-order valence-electron chi connectivity index (χ0n) is 9.64. The van der Waals surface area contributed by atoms with Gasteiger partial charge in [0.15, 0.2) is 0 Å². The fourth-order valence-electron chi connectivity index (χ4n) is 1.82. The summed E-state index contributed by atoms with van der Waals surface area (Å²) in [5.74, 6) is -0.295. The van der Waals surface area contributed by atoms with Crippen LogP contribution in [-0.2, 0) is 6.54 Å². The molecule has 2 N–H and O–H groups in total. The minimum Gasteiger partial charge on any atom is -0.314 e. The number of nitrogens with one attached hydrogen (secondary N) is 2. The molecule has 0 aliphatic carbocycles. The molecule has 0 aliphatic heterocycles. The van der Waals surface area contributed by atoms with Gasteiger partial charge in [-0.2, -0.15) is 5.10 Å². The molecule has 1 aromatic heterocycles. The number of aromatic amines is 1. The Bertz CT molecular complexity index is 537. The second-order valence-corrected chi connectivity index (χ2v) is 4.26. The van der Waals surface area contributed by atoms with Crippen LogP contribution in [0.1, 0.15) is 11.4 Å². The van der Waals surface area contributed by atoms with Crippen molar-refractivity contribution in [1.82, 2.24) is 15.5 Å². The SMILES string of the molecule is CNCc1n[nH]c(C)c1-c1cc(Cl)ccc1F. The number of nitrogens with zero attached hydrogens (tertiary/aromatic N) is 1. The van der Waals surface area contributed by atoms with Crippen LogP contribution in [0.4, 0.5) is 4.39 Å². The Kier molecular flexibility index (Phi) is 3.45. The number of aryl methyl sites for hydroxylation is 1. The standard InChI is InChI=1S/C12H13ClFN3/c1-7-12(11(6-15-2)17-16-7)9-5-8(13)3-4-10(9)14/h3-5,15H,6H2,1-2H3,(H,16,17). The van der Waals surface area contributed by atoms with Gasteiger partial charge < -0.3 is 5.32 Å². The van der Waals surface area contributed by atoms with E-state index in [1.807, 2.05) is 14.0 Å². The van der Waals surface area contributed by atoms with Crippen LogP contribution in [0.3, 0.4) is 0 Å². The quantitative estimate of drug-likeness (QED) is 0.883. The van der Waals surface area contributed by atoms with Crippen molar-refractivity contribution in [3.05, 3.63) is 40.4 Å². The van der Waals surface area contributed by atoms with Crippen molar-refractivity contribution in [2.45, 2.75) is 13.5 Å². The van der Waals surface area contributed by atoms with Crippen molar-refractivity contribution in [3.8, 4) is 11.1 Å². The minimum absolute atomic E-state index is 0.295. The van der Waals surface area contributed by atoms with Crippen LogP contribution in [0.25, 0.3) is 11.1 Å². The molecule has 0 fully saturated rings. The van der Waals surface area contributed by atoms with E-state index in [-0.39, 0.29) is 5.82 Å². The molecule has 1 heterocycles. The first kappa shape index (κ1) is 12.1. The molecule has 0 amide bonds. The molecule has 1 aromatic carbocycles. The van der Waals surface area contributed by atoms with E-state index in [1.54, 1.807) is 6.07 Å². The van der Waals surface area contributed by atoms with Gasteiger partial charge in [-0.1, -0.05) is 11.6 Å². The lowest BCUT2D eigenvalue weighted by atomic mass is 10.0. The average Bonchev–Trinajstić information content (AvgIpc) is 2.64. The molecule has 90 valence electrons. The van der Waals surface area contributed by atoms with E-state index in [4.69, 9.17) is 11.6 Å². The summed E-state index contributed by atoms with van der Waals surface area (Å²) in [5.41, 5.74) is 2.87. The molecular weight excluding hydrogens is 241 g/mol. The molecule has 5 heteroatoms. The van der Waals surface area contributed by atoms with Crippen LogP contribution in [0.5, 0.6) is 0 Å². The van der Waals surface area contributed by atoms with Gasteiger partial charge in [0.1, 0.15) is 5.82 Å². The Hall–Kier alpha value is -1.39. The van der Waals surface area contributed by atoms with Crippen molar-refractivity contribution >= 4 is 11.6 Å². The van der Waals surface area contributed by atoms with Crippen molar-refractivity contribution in [3.63, 3.8) is 0 Å². The van der Waals surface area contributed by atoms with E-state index in [0.717, 1.165) is 17.0 Å². The van der Waals surface area contributed by atoms with Gasteiger partial charge in [0.25, 0.3) is 0 Å². The van der Waals surface area contributed by atoms with Gasteiger partial charge in [-0.15, -0.1) is 0 Å². The van der Waals surface area contributed by atoms with Gasteiger partial charge in [0.2, 0.25) is 0 Å². The molecule has 0 saturated carbocycles. The molecule has 0 atom stereocenters. The highest BCUT2D eigenvalue weighted by atomic mass is 35.5. The van der Waals surface area contributed by atoms with Crippen LogP contribution in [0, 0.1) is 12.7 Å². The number of hydrogen-bond donors (Lipinski definition) is 2. The summed E-state index contributed by atoms with van der Waals surface area (Å²) in [6, 6.07) is 4.52. The average molecular weight is 254 g/mol. The van der Waals surface area contributed by atoms with Gasteiger partial charge in [-0.05, 0) is 32.2 Å². The second kappa shape index (κ2) is 4.85. The van der Waals surface area contributed by atoms with Gasteiger partial charge in [0.05, 0.1) is 5.69 Å². The van der Waals surface area contributed by atoms with Crippen LogP contribution < -0.4 is 5.32 Å². The van der Waals surface area contributed by atoms with Crippen molar-refractivity contribution in [1.29, 1.82) is 0 Å². The monoisotopic (exact) mass is 253 g/mol. The third-order valence-electron chi connectivity index (χ3n) is 2.56. The maximum atomic E-state index is 13.8. The molecule has 0 saturated heterocycles. The maximum Gasteiger partial charge on any atom is 0.131 e. The van der Waals surface area contributed by atoms with E-state index in [2.05, 4.69) is 15.5 Å². The lowest BCUT2D eigenvalue weighted by Crippen LogP contribution is -2.06.